The van der Waals surface area contributed by atoms with E-state index in [4.69, 9.17) is 5.73 Å². The van der Waals surface area contributed by atoms with E-state index in [0.717, 1.165) is 11.6 Å². The molecule has 0 amide bonds. The summed E-state index contributed by atoms with van der Waals surface area (Å²) in [4.78, 5) is 0.0449. The summed E-state index contributed by atoms with van der Waals surface area (Å²) in [5.74, 6) is -0.602. The van der Waals surface area contributed by atoms with Gasteiger partial charge in [-0.25, -0.2) is 17.5 Å². The first-order valence-corrected chi connectivity index (χ1v) is 8.76. The molecule has 1 aromatic heterocycles. The standard InChI is InChI=1S/C14H17FN2O2S2/c1-8-6-12(15)13(16)9(2)14(8)21(18,19)17-10(3)11-4-5-20-7-11/h4-7,10,17H,16H2,1-3H3. The van der Waals surface area contributed by atoms with E-state index in [1.807, 2.05) is 16.8 Å². The predicted octanol–water partition coefficient (Wildman–Crippen LogP) is 3.13. The fourth-order valence-electron chi connectivity index (χ4n) is 2.23. The first-order valence-electron chi connectivity index (χ1n) is 6.33. The summed E-state index contributed by atoms with van der Waals surface area (Å²) < 4.78 is 41.3. The minimum Gasteiger partial charge on any atom is -0.396 e. The van der Waals surface area contributed by atoms with Crippen LogP contribution in [0.4, 0.5) is 10.1 Å². The molecule has 1 heterocycles. The second-order valence-electron chi connectivity index (χ2n) is 4.94. The van der Waals surface area contributed by atoms with Gasteiger partial charge in [-0.3, -0.25) is 0 Å². The molecule has 0 spiro atoms. The molecule has 1 unspecified atom stereocenters. The summed E-state index contributed by atoms with van der Waals surface area (Å²) in [6.45, 7) is 4.83. The van der Waals surface area contributed by atoms with Crippen molar-refractivity contribution in [1.82, 2.24) is 4.72 Å². The van der Waals surface area contributed by atoms with E-state index < -0.39 is 15.8 Å². The van der Waals surface area contributed by atoms with Gasteiger partial charge in [-0.2, -0.15) is 11.3 Å². The first kappa shape index (κ1) is 15.9. The summed E-state index contributed by atoms with van der Waals surface area (Å²) in [6.07, 6.45) is 0. The molecule has 2 rings (SSSR count). The van der Waals surface area contributed by atoms with Crippen LogP contribution in [-0.4, -0.2) is 8.42 Å². The third-order valence-corrected chi connectivity index (χ3v) is 5.88. The third kappa shape index (κ3) is 3.09. The van der Waals surface area contributed by atoms with Crippen LogP contribution in [0.25, 0.3) is 0 Å². The number of hydrogen-bond acceptors (Lipinski definition) is 4. The van der Waals surface area contributed by atoms with Gasteiger partial charge in [0, 0.05) is 6.04 Å². The van der Waals surface area contributed by atoms with Crippen molar-refractivity contribution in [2.24, 2.45) is 0 Å². The molecule has 21 heavy (non-hydrogen) atoms. The molecule has 0 bridgehead atoms. The van der Waals surface area contributed by atoms with Crippen molar-refractivity contribution in [3.8, 4) is 0 Å². The zero-order valence-corrected chi connectivity index (χ0v) is 13.6. The van der Waals surface area contributed by atoms with Gasteiger partial charge < -0.3 is 5.73 Å². The molecule has 0 fully saturated rings. The van der Waals surface area contributed by atoms with Gasteiger partial charge in [0.25, 0.3) is 0 Å². The highest BCUT2D eigenvalue weighted by atomic mass is 32.2. The number of rotatable bonds is 4. The van der Waals surface area contributed by atoms with Crippen molar-refractivity contribution < 1.29 is 12.8 Å². The maximum Gasteiger partial charge on any atom is 0.241 e. The summed E-state index contributed by atoms with van der Waals surface area (Å²) >= 11 is 1.50. The lowest BCUT2D eigenvalue weighted by Crippen LogP contribution is -2.28. The van der Waals surface area contributed by atoms with Crippen LogP contribution in [-0.2, 0) is 10.0 Å². The fraction of sp³-hybridized carbons (Fsp3) is 0.286. The third-order valence-electron chi connectivity index (χ3n) is 3.35. The Hall–Kier alpha value is -1.44. The van der Waals surface area contributed by atoms with Gasteiger partial charge in [-0.1, -0.05) is 0 Å². The quantitative estimate of drug-likeness (QED) is 0.847. The number of halogens is 1. The lowest BCUT2D eigenvalue weighted by Gasteiger charge is -2.17. The molecule has 0 aliphatic rings. The Kier molecular flexibility index (Phi) is 4.36. The monoisotopic (exact) mass is 328 g/mol. The molecule has 0 radical (unpaired) electrons. The number of hydrogen-bond donors (Lipinski definition) is 2. The second-order valence-corrected chi connectivity index (χ2v) is 7.37. The van der Waals surface area contributed by atoms with Crippen LogP contribution in [0, 0.1) is 19.7 Å². The summed E-state index contributed by atoms with van der Waals surface area (Å²) in [5, 5.41) is 3.76. The highest BCUT2D eigenvalue weighted by Crippen LogP contribution is 2.28. The predicted molar refractivity (Wildman–Crippen MR) is 83.3 cm³/mol. The molecule has 0 saturated carbocycles. The number of benzene rings is 1. The molecular formula is C14H17FN2O2S2. The second kappa shape index (κ2) is 5.75. The van der Waals surface area contributed by atoms with Crippen LogP contribution < -0.4 is 10.5 Å². The van der Waals surface area contributed by atoms with Gasteiger partial charge in [-0.15, -0.1) is 0 Å². The number of nitrogens with two attached hydrogens (primary N) is 1. The van der Waals surface area contributed by atoms with Crippen LogP contribution in [0.2, 0.25) is 0 Å². The van der Waals surface area contributed by atoms with Crippen molar-refractivity contribution in [3.63, 3.8) is 0 Å². The molecule has 4 nitrogen and oxygen atoms in total. The Morgan fingerprint density at radius 1 is 1.38 bits per heavy atom. The van der Waals surface area contributed by atoms with E-state index in [1.165, 1.54) is 18.3 Å². The summed E-state index contributed by atoms with van der Waals surface area (Å²) in [5.41, 5.74) is 6.93. The normalized spacial score (nSPS) is 13.3. The van der Waals surface area contributed by atoms with Crippen LogP contribution >= 0.6 is 11.3 Å². The van der Waals surface area contributed by atoms with Gasteiger partial charge in [0.15, 0.2) is 0 Å². The van der Waals surface area contributed by atoms with Gasteiger partial charge in [-0.05, 0) is 60.4 Å². The Balaban J connectivity index is 2.43. The number of sulfonamides is 1. The molecule has 1 atom stereocenters. The number of aryl methyl sites for hydroxylation is 1. The molecule has 114 valence electrons. The Morgan fingerprint density at radius 2 is 2.05 bits per heavy atom. The van der Waals surface area contributed by atoms with Crippen LogP contribution in [0.3, 0.4) is 0 Å². The molecule has 0 aliphatic carbocycles. The van der Waals surface area contributed by atoms with Crippen LogP contribution in [0.15, 0.2) is 27.8 Å². The molecule has 2 aromatic rings. The van der Waals surface area contributed by atoms with E-state index in [1.54, 1.807) is 13.8 Å². The number of thiophene rings is 1. The molecule has 7 heteroatoms. The number of nitrogen functional groups attached to an aromatic ring is 1. The van der Waals surface area contributed by atoms with Crippen molar-refractivity contribution >= 4 is 27.0 Å². The van der Waals surface area contributed by atoms with Crippen molar-refractivity contribution in [3.05, 3.63) is 45.4 Å². The molecule has 1 aromatic carbocycles. The number of anilines is 1. The largest absolute Gasteiger partial charge is 0.396 e. The maximum absolute atomic E-state index is 13.6. The Labute approximate surface area is 127 Å². The minimum atomic E-state index is -3.78. The molecule has 0 saturated heterocycles. The first-order chi connectivity index (χ1) is 9.74. The highest BCUT2D eigenvalue weighted by Gasteiger charge is 2.25. The van der Waals surface area contributed by atoms with Gasteiger partial charge in [0.05, 0.1) is 10.6 Å². The van der Waals surface area contributed by atoms with Crippen molar-refractivity contribution in [2.45, 2.75) is 31.7 Å². The van der Waals surface area contributed by atoms with E-state index in [0.29, 0.717) is 5.56 Å². The van der Waals surface area contributed by atoms with Crippen molar-refractivity contribution in [1.29, 1.82) is 0 Å². The van der Waals surface area contributed by atoms with Crippen molar-refractivity contribution in [2.75, 3.05) is 5.73 Å². The Bertz CT molecular complexity index is 756. The van der Waals surface area contributed by atoms with Crippen LogP contribution in [0.5, 0.6) is 0 Å². The summed E-state index contributed by atoms with van der Waals surface area (Å²) in [6, 6.07) is 2.63. The van der Waals surface area contributed by atoms with Crippen LogP contribution in [0.1, 0.15) is 29.7 Å². The zero-order valence-electron chi connectivity index (χ0n) is 12.0. The fourth-order valence-corrected chi connectivity index (χ4v) is 4.69. The van der Waals surface area contributed by atoms with Gasteiger partial charge in [0.2, 0.25) is 10.0 Å². The van der Waals surface area contributed by atoms with E-state index in [9.17, 15) is 12.8 Å². The van der Waals surface area contributed by atoms with Gasteiger partial charge >= 0.3 is 0 Å². The average molecular weight is 328 g/mol. The zero-order chi connectivity index (χ0) is 15.8. The highest BCUT2D eigenvalue weighted by molar-refractivity contribution is 7.89. The Morgan fingerprint density at radius 3 is 2.62 bits per heavy atom. The lowest BCUT2D eigenvalue weighted by atomic mass is 10.1. The van der Waals surface area contributed by atoms with E-state index >= 15 is 0 Å². The average Bonchev–Trinajstić information content (AvgIpc) is 2.89. The molecule has 0 aliphatic heterocycles. The SMILES string of the molecule is Cc1cc(F)c(N)c(C)c1S(=O)(=O)NC(C)c1ccsc1. The molecular weight excluding hydrogens is 311 g/mol. The van der Waals surface area contributed by atoms with Gasteiger partial charge in [0.1, 0.15) is 5.82 Å². The number of nitrogens with one attached hydrogen (secondary N) is 1. The summed E-state index contributed by atoms with van der Waals surface area (Å²) in [7, 11) is -3.78. The molecule has 3 N–H and O–H groups in total. The topological polar surface area (TPSA) is 72.2 Å². The van der Waals surface area contributed by atoms with E-state index in [-0.39, 0.29) is 22.2 Å². The smallest absolute Gasteiger partial charge is 0.241 e. The lowest BCUT2D eigenvalue weighted by molar-refractivity contribution is 0.565. The minimum absolute atomic E-state index is 0.0449. The van der Waals surface area contributed by atoms with E-state index in [2.05, 4.69) is 4.72 Å². The maximum atomic E-state index is 13.6.